The summed E-state index contributed by atoms with van der Waals surface area (Å²) < 4.78 is 0. The molecule has 0 aromatic heterocycles. The van der Waals surface area contributed by atoms with Crippen molar-refractivity contribution in [2.45, 2.75) is 38.6 Å². The van der Waals surface area contributed by atoms with Gasteiger partial charge in [0.15, 0.2) is 0 Å². The normalized spacial score (nSPS) is 14.1. The Kier molecular flexibility index (Phi) is 4.86. The summed E-state index contributed by atoms with van der Waals surface area (Å²) in [5, 5.41) is 4.63. The first-order chi connectivity index (χ1) is 7.90. The highest BCUT2D eigenvalue weighted by Gasteiger charge is 2.10. The van der Waals surface area contributed by atoms with E-state index in [1.54, 1.807) is 11.1 Å². The van der Waals surface area contributed by atoms with Gasteiger partial charge in [0.25, 0.3) is 0 Å². The van der Waals surface area contributed by atoms with Crippen molar-refractivity contribution in [3.8, 4) is 0 Å². The van der Waals surface area contributed by atoms with Crippen molar-refractivity contribution in [1.29, 1.82) is 0 Å². The lowest BCUT2D eigenvalue weighted by Gasteiger charge is -2.06. The summed E-state index contributed by atoms with van der Waals surface area (Å²) in [5.41, 5.74) is 4.60. The highest BCUT2D eigenvalue weighted by Crippen LogP contribution is 2.22. The maximum absolute atomic E-state index is 3.51. The van der Waals surface area contributed by atoms with E-state index in [1.807, 2.05) is 0 Å². The molecule has 2 heteroatoms. The molecule has 0 atom stereocenters. The lowest BCUT2D eigenvalue weighted by atomic mass is 10.1. The van der Waals surface area contributed by atoms with E-state index in [-0.39, 0.29) is 0 Å². The summed E-state index contributed by atoms with van der Waals surface area (Å²) in [6.45, 7) is 2.15. The van der Waals surface area contributed by atoms with E-state index in [0.29, 0.717) is 0 Å². The number of aryl methyl sites for hydroxylation is 2. The number of hydrogen-bond acceptors (Lipinski definition) is 1. The van der Waals surface area contributed by atoms with Gasteiger partial charge in [0.05, 0.1) is 0 Å². The Bertz CT molecular complexity index is 336. The summed E-state index contributed by atoms with van der Waals surface area (Å²) in [7, 11) is 0. The quantitative estimate of drug-likeness (QED) is 0.622. The summed E-state index contributed by atoms with van der Waals surface area (Å²) in [5.74, 6) is 0. The molecule has 0 unspecified atom stereocenters. The molecule has 0 heterocycles. The zero-order chi connectivity index (χ0) is 11.2. The van der Waals surface area contributed by atoms with Crippen molar-refractivity contribution in [2.75, 3.05) is 11.9 Å². The van der Waals surface area contributed by atoms with Gasteiger partial charge in [-0.2, -0.15) is 0 Å². The summed E-state index contributed by atoms with van der Waals surface area (Å²) in [6.07, 6.45) is 6.44. The fourth-order valence-electron chi connectivity index (χ4n) is 2.31. The van der Waals surface area contributed by atoms with Crippen LogP contribution < -0.4 is 5.32 Å². The maximum atomic E-state index is 3.51. The molecule has 1 aliphatic carbocycles. The van der Waals surface area contributed by atoms with Crippen LogP contribution in [0.4, 0.5) is 0 Å². The predicted octanol–water partition coefficient (Wildman–Crippen LogP) is 3.44. The number of alkyl halides is 1. The van der Waals surface area contributed by atoms with Crippen LogP contribution in [-0.2, 0) is 19.4 Å². The lowest BCUT2D eigenvalue weighted by Crippen LogP contribution is -2.14. The number of rotatable bonds is 6. The molecule has 0 aliphatic heterocycles. The number of halogens is 1. The Balaban J connectivity index is 1.77. The van der Waals surface area contributed by atoms with E-state index >= 15 is 0 Å². The molecule has 1 aromatic carbocycles. The van der Waals surface area contributed by atoms with Crippen LogP contribution in [0.5, 0.6) is 0 Å². The van der Waals surface area contributed by atoms with E-state index in [0.717, 1.165) is 18.4 Å². The molecule has 0 spiro atoms. The Labute approximate surface area is 107 Å². The summed E-state index contributed by atoms with van der Waals surface area (Å²) >= 11 is 3.45. The highest BCUT2D eigenvalue weighted by molar-refractivity contribution is 9.09. The molecule has 0 amide bonds. The topological polar surface area (TPSA) is 12.0 Å². The Hall–Kier alpha value is -0.340. The minimum Gasteiger partial charge on any atom is -0.313 e. The second-order valence-corrected chi connectivity index (χ2v) is 5.32. The van der Waals surface area contributed by atoms with E-state index in [1.165, 1.54) is 37.7 Å². The maximum Gasteiger partial charge on any atom is 0.0205 e. The van der Waals surface area contributed by atoms with Gasteiger partial charge < -0.3 is 5.32 Å². The molecule has 1 aromatic rings. The van der Waals surface area contributed by atoms with Crippen LogP contribution in [-0.4, -0.2) is 11.9 Å². The van der Waals surface area contributed by atoms with Gasteiger partial charge in [-0.3, -0.25) is 0 Å². The van der Waals surface area contributed by atoms with Crippen molar-refractivity contribution in [3.05, 3.63) is 34.9 Å². The van der Waals surface area contributed by atoms with Crippen molar-refractivity contribution in [2.24, 2.45) is 0 Å². The van der Waals surface area contributed by atoms with Crippen LogP contribution in [0.1, 0.15) is 36.0 Å². The second-order valence-electron chi connectivity index (χ2n) is 4.53. The summed E-state index contributed by atoms with van der Waals surface area (Å²) in [6, 6.07) is 6.99. The molecular formula is C14H20BrN. The van der Waals surface area contributed by atoms with Gasteiger partial charge in [-0.1, -0.05) is 34.1 Å². The largest absolute Gasteiger partial charge is 0.313 e. The molecule has 0 radical (unpaired) electrons. The average Bonchev–Trinajstić information content (AvgIpc) is 2.76. The SMILES string of the molecule is BrCCCCNCc1ccc2c(c1)CCC2. The molecule has 0 bridgehead atoms. The Morgan fingerprint density at radius 1 is 1.12 bits per heavy atom. The highest BCUT2D eigenvalue weighted by atomic mass is 79.9. The molecule has 16 heavy (non-hydrogen) atoms. The van der Waals surface area contributed by atoms with Gasteiger partial charge >= 0.3 is 0 Å². The molecule has 1 nitrogen and oxygen atoms in total. The van der Waals surface area contributed by atoms with Crippen LogP contribution in [0.2, 0.25) is 0 Å². The molecular weight excluding hydrogens is 262 g/mol. The third-order valence-corrected chi connectivity index (χ3v) is 3.79. The second kappa shape index (κ2) is 6.41. The van der Waals surface area contributed by atoms with E-state index in [9.17, 15) is 0 Å². The van der Waals surface area contributed by atoms with Crippen molar-refractivity contribution < 1.29 is 0 Å². The first kappa shape index (κ1) is 12.1. The van der Waals surface area contributed by atoms with Crippen molar-refractivity contribution in [3.63, 3.8) is 0 Å². The number of benzene rings is 1. The minimum absolute atomic E-state index is 1.02. The van der Waals surface area contributed by atoms with Crippen LogP contribution in [0.3, 0.4) is 0 Å². The molecule has 2 rings (SSSR count). The van der Waals surface area contributed by atoms with E-state index in [2.05, 4.69) is 39.4 Å². The van der Waals surface area contributed by atoms with Gasteiger partial charge in [-0.05, 0) is 55.3 Å². The smallest absolute Gasteiger partial charge is 0.0205 e. The molecule has 0 saturated heterocycles. The molecule has 1 aliphatic rings. The lowest BCUT2D eigenvalue weighted by molar-refractivity contribution is 0.644. The molecule has 88 valence electrons. The van der Waals surface area contributed by atoms with Gasteiger partial charge in [-0.25, -0.2) is 0 Å². The first-order valence-electron chi connectivity index (χ1n) is 6.27. The van der Waals surface area contributed by atoms with E-state index < -0.39 is 0 Å². The van der Waals surface area contributed by atoms with Crippen LogP contribution >= 0.6 is 15.9 Å². The average molecular weight is 282 g/mol. The Morgan fingerprint density at radius 3 is 2.88 bits per heavy atom. The van der Waals surface area contributed by atoms with Crippen LogP contribution in [0.25, 0.3) is 0 Å². The third kappa shape index (κ3) is 3.33. The van der Waals surface area contributed by atoms with Crippen LogP contribution in [0, 0.1) is 0 Å². The minimum atomic E-state index is 1.02. The fraction of sp³-hybridized carbons (Fsp3) is 0.571. The number of fused-ring (bicyclic) bond motifs is 1. The van der Waals surface area contributed by atoms with Crippen LogP contribution in [0.15, 0.2) is 18.2 Å². The van der Waals surface area contributed by atoms with E-state index in [4.69, 9.17) is 0 Å². The number of unbranched alkanes of at least 4 members (excludes halogenated alkanes) is 1. The standard InChI is InChI=1S/C14H20BrN/c15-8-1-2-9-16-11-12-6-7-13-4-3-5-14(13)10-12/h6-7,10,16H,1-5,8-9,11H2. The fourth-order valence-corrected chi connectivity index (χ4v) is 2.71. The molecule has 0 fully saturated rings. The molecule has 1 N–H and O–H groups in total. The first-order valence-corrected chi connectivity index (χ1v) is 7.39. The summed E-state index contributed by atoms with van der Waals surface area (Å²) in [4.78, 5) is 0. The monoisotopic (exact) mass is 281 g/mol. The van der Waals surface area contributed by atoms with Gasteiger partial charge in [-0.15, -0.1) is 0 Å². The number of hydrogen-bond donors (Lipinski definition) is 1. The van der Waals surface area contributed by atoms with Crippen molar-refractivity contribution >= 4 is 15.9 Å². The third-order valence-electron chi connectivity index (χ3n) is 3.23. The van der Waals surface area contributed by atoms with Gasteiger partial charge in [0.2, 0.25) is 0 Å². The van der Waals surface area contributed by atoms with Gasteiger partial charge in [0.1, 0.15) is 0 Å². The Morgan fingerprint density at radius 2 is 2.00 bits per heavy atom. The molecule has 0 saturated carbocycles. The van der Waals surface area contributed by atoms with Gasteiger partial charge in [0, 0.05) is 11.9 Å². The van der Waals surface area contributed by atoms with Crippen molar-refractivity contribution in [1.82, 2.24) is 5.32 Å². The zero-order valence-corrected chi connectivity index (χ0v) is 11.4. The zero-order valence-electron chi connectivity index (χ0n) is 9.77. The predicted molar refractivity (Wildman–Crippen MR) is 73.2 cm³/mol. The number of nitrogens with one attached hydrogen (secondary N) is 1.